The van der Waals surface area contributed by atoms with E-state index in [4.69, 9.17) is 4.74 Å². The molecule has 2 fully saturated rings. The highest BCUT2D eigenvalue weighted by Gasteiger charge is 2.24. The average molecular weight is 319 g/mol. The SMILES string of the molecule is Cc1cc(N2CCC(NC(=O)N3CCOCC3)CC2)nc(C)n1. The van der Waals surface area contributed by atoms with Gasteiger partial charge in [0.1, 0.15) is 11.6 Å². The zero-order chi connectivity index (χ0) is 16.2. The van der Waals surface area contributed by atoms with Gasteiger partial charge in [-0.15, -0.1) is 0 Å². The molecule has 3 rings (SSSR count). The molecule has 3 heterocycles. The van der Waals surface area contributed by atoms with Gasteiger partial charge in [-0.25, -0.2) is 14.8 Å². The maximum absolute atomic E-state index is 12.2. The van der Waals surface area contributed by atoms with Crippen molar-refractivity contribution in [1.29, 1.82) is 0 Å². The first-order valence-electron chi connectivity index (χ1n) is 8.32. The van der Waals surface area contributed by atoms with Crippen molar-refractivity contribution in [2.75, 3.05) is 44.3 Å². The summed E-state index contributed by atoms with van der Waals surface area (Å²) in [4.78, 5) is 25.2. The van der Waals surface area contributed by atoms with Gasteiger partial charge >= 0.3 is 6.03 Å². The van der Waals surface area contributed by atoms with Crippen LogP contribution in [-0.2, 0) is 4.74 Å². The lowest BCUT2D eigenvalue weighted by atomic mass is 10.1. The molecule has 0 aromatic carbocycles. The third-order valence-electron chi connectivity index (χ3n) is 4.40. The number of carbonyl (C=O) groups is 1. The van der Waals surface area contributed by atoms with Crippen LogP contribution in [0.4, 0.5) is 10.6 Å². The minimum Gasteiger partial charge on any atom is -0.378 e. The van der Waals surface area contributed by atoms with E-state index >= 15 is 0 Å². The first-order chi connectivity index (χ1) is 11.1. The number of piperidine rings is 1. The smallest absolute Gasteiger partial charge is 0.317 e. The topological polar surface area (TPSA) is 70.6 Å². The Morgan fingerprint density at radius 2 is 1.87 bits per heavy atom. The molecule has 2 saturated heterocycles. The molecule has 0 aliphatic carbocycles. The van der Waals surface area contributed by atoms with Crippen LogP contribution in [0.15, 0.2) is 6.07 Å². The van der Waals surface area contributed by atoms with Crippen molar-refractivity contribution >= 4 is 11.8 Å². The molecule has 1 aromatic heterocycles. The van der Waals surface area contributed by atoms with Crippen molar-refractivity contribution in [2.45, 2.75) is 32.7 Å². The van der Waals surface area contributed by atoms with Crippen LogP contribution in [0.1, 0.15) is 24.4 Å². The fourth-order valence-corrected chi connectivity index (χ4v) is 3.14. The number of carbonyl (C=O) groups excluding carboxylic acids is 1. The van der Waals surface area contributed by atoms with Crippen LogP contribution in [0.2, 0.25) is 0 Å². The van der Waals surface area contributed by atoms with Gasteiger partial charge < -0.3 is 19.9 Å². The zero-order valence-electron chi connectivity index (χ0n) is 13.9. The molecule has 0 atom stereocenters. The fourth-order valence-electron chi connectivity index (χ4n) is 3.14. The molecular weight excluding hydrogens is 294 g/mol. The van der Waals surface area contributed by atoms with E-state index in [9.17, 15) is 4.79 Å². The average Bonchev–Trinajstić information content (AvgIpc) is 2.55. The lowest BCUT2D eigenvalue weighted by molar-refractivity contribution is 0.0523. The van der Waals surface area contributed by atoms with Crippen LogP contribution in [-0.4, -0.2) is 66.3 Å². The van der Waals surface area contributed by atoms with Crippen LogP contribution in [0.3, 0.4) is 0 Å². The van der Waals surface area contributed by atoms with Gasteiger partial charge in [-0.05, 0) is 26.7 Å². The molecule has 1 N–H and O–H groups in total. The van der Waals surface area contributed by atoms with E-state index < -0.39 is 0 Å². The number of anilines is 1. The maximum Gasteiger partial charge on any atom is 0.317 e. The summed E-state index contributed by atoms with van der Waals surface area (Å²) in [7, 11) is 0. The van der Waals surface area contributed by atoms with Crippen LogP contribution in [0, 0.1) is 13.8 Å². The van der Waals surface area contributed by atoms with Crippen molar-refractivity contribution in [3.8, 4) is 0 Å². The molecule has 1 aromatic rings. The molecule has 2 amide bonds. The van der Waals surface area contributed by atoms with E-state index in [0.717, 1.165) is 43.3 Å². The first-order valence-corrected chi connectivity index (χ1v) is 8.32. The van der Waals surface area contributed by atoms with Crippen LogP contribution >= 0.6 is 0 Å². The van der Waals surface area contributed by atoms with E-state index in [-0.39, 0.29) is 12.1 Å². The van der Waals surface area contributed by atoms with Crippen LogP contribution < -0.4 is 10.2 Å². The number of hydrogen-bond acceptors (Lipinski definition) is 5. The van der Waals surface area contributed by atoms with Crippen LogP contribution in [0.25, 0.3) is 0 Å². The lowest BCUT2D eigenvalue weighted by Crippen LogP contribution is -2.52. The maximum atomic E-state index is 12.2. The number of morpholine rings is 1. The number of amides is 2. The number of rotatable bonds is 2. The molecule has 7 nitrogen and oxygen atoms in total. The predicted octanol–water partition coefficient (Wildman–Crippen LogP) is 1.10. The highest BCUT2D eigenvalue weighted by Crippen LogP contribution is 2.19. The molecule has 7 heteroatoms. The summed E-state index contributed by atoms with van der Waals surface area (Å²) in [6, 6.07) is 2.31. The van der Waals surface area contributed by atoms with E-state index in [2.05, 4.69) is 20.2 Å². The lowest BCUT2D eigenvalue weighted by Gasteiger charge is -2.35. The summed E-state index contributed by atoms with van der Waals surface area (Å²) < 4.78 is 5.28. The van der Waals surface area contributed by atoms with E-state index in [1.165, 1.54) is 0 Å². The van der Waals surface area contributed by atoms with Crippen molar-refractivity contribution in [1.82, 2.24) is 20.2 Å². The van der Waals surface area contributed by atoms with Gasteiger partial charge in [-0.3, -0.25) is 0 Å². The van der Waals surface area contributed by atoms with Crippen molar-refractivity contribution in [3.05, 3.63) is 17.6 Å². The second-order valence-electron chi connectivity index (χ2n) is 6.22. The molecule has 0 unspecified atom stereocenters. The molecule has 0 saturated carbocycles. The molecule has 2 aliphatic heterocycles. The number of aryl methyl sites for hydroxylation is 2. The Bertz CT molecular complexity index is 531. The summed E-state index contributed by atoms with van der Waals surface area (Å²) in [6.07, 6.45) is 1.89. The third kappa shape index (κ3) is 4.10. The van der Waals surface area contributed by atoms with Crippen molar-refractivity contribution in [3.63, 3.8) is 0 Å². The van der Waals surface area contributed by atoms with Gasteiger partial charge in [0.05, 0.1) is 13.2 Å². The van der Waals surface area contributed by atoms with E-state index in [1.54, 1.807) is 0 Å². The van der Waals surface area contributed by atoms with Gasteiger partial charge in [0.25, 0.3) is 0 Å². The van der Waals surface area contributed by atoms with E-state index in [0.29, 0.717) is 26.3 Å². The minimum absolute atomic E-state index is 0.0421. The molecule has 126 valence electrons. The summed E-state index contributed by atoms with van der Waals surface area (Å²) in [5, 5.41) is 3.16. The van der Waals surface area contributed by atoms with Gasteiger partial charge in [0.15, 0.2) is 0 Å². The normalized spacial score (nSPS) is 19.7. The summed E-state index contributed by atoms with van der Waals surface area (Å²) in [5.74, 6) is 1.80. The van der Waals surface area contributed by atoms with Crippen molar-refractivity contribution < 1.29 is 9.53 Å². The highest BCUT2D eigenvalue weighted by molar-refractivity contribution is 5.74. The molecular formula is C16H25N5O2. The summed E-state index contributed by atoms with van der Waals surface area (Å²) >= 11 is 0. The Morgan fingerprint density at radius 1 is 1.17 bits per heavy atom. The molecule has 0 bridgehead atoms. The number of ether oxygens (including phenoxy) is 1. The number of hydrogen-bond donors (Lipinski definition) is 1. The minimum atomic E-state index is 0.0421. The van der Waals surface area contributed by atoms with Gasteiger partial charge in [0, 0.05) is 44.0 Å². The van der Waals surface area contributed by atoms with Gasteiger partial charge in [0.2, 0.25) is 0 Å². The first kappa shape index (κ1) is 16.0. The van der Waals surface area contributed by atoms with E-state index in [1.807, 2.05) is 24.8 Å². The molecule has 23 heavy (non-hydrogen) atoms. The molecule has 2 aliphatic rings. The monoisotopic (exact) mass is 319 g/mol. The fraction of sp³-hybridized carbons (Fsp3) is 0.688. The third-order valence-corrected chi connectivity index (χ3v) is 4.40. The second-order valence-corrected chi connectivity index (χ2v) is 6.22. The predicted molar refractivity (Wildman–Crippen MR) is 87.7 cm³/mol. The summed E-state index contributed by atoms with van der Waals surface area (Å²) in [5.41, 5.74) is 0.996. The van der Waals surface area contributed by atoms with Crippen molar-refractivity contribution in [2.24, 2.45) is 0 Å². The number of aromatic nitrogens is 2. The number of nitrogens with zero attached hydrogens (tertiary/aromatic N) is 4. The van der Waals surface area contributed by atoms with Gasteiger partial charge in [-0.1, -0.05) is 0 Å². The highest BCUT2D eigenvalue weighted by atomic mass is 16.5. The standard InChI is InChI=1S/C16H25N5O2/c1-12-11-15(18-13(2)17-12)20-5-3-14(4-6-20)19-16(22)21-7-9-23-10-8-21/h11,14H,3-10H2,1-2H3,(H,19,22). The second kappa shape index (κ2) is 7.12. The number of nitrogens with one attached hydrogen (secondary N) is 1. The molecule has 0 spiro atoms. The molecule has 0 radical (unpaired) electrons. The summed E-state index contributed by atoms with van der Waals surface area (Å²) in [6.45, 7) is 8.37. The van der Waals surface area contributed by atoms with Crippen LogP contribution in [0.5, 0.6) is 0 Å². The number of urea groups is 1. The quantitative estimate of drug-likeness (QED) is 0.884. The largest absolute Gasteiger partial charge is 0.378 e. The zero-order valence-corrected chi connectivity index (χ0v) is 13.9. The van der Waals surface area contributed by atoms with Gasteiger partial charge in [-0.2, -0.15) is 0 Å². The Labute approximate surface area is 137 Å². The Balaban J connectivity index is 1.51. The Morgan fingerprint density at radius 3 is 2.52 bits per heavy atom. The Hall–Kier alpha value is -1.89. The Kier molecular flexibility index (Phi) is 4.95.